The summed E-state index contributed by atoms with van der Waals surface area (Å²) in [5.41, 5.74) is 5.20. The molecule has 17 heavy (non-hydrogen) atoms. The summed E-state index contributed by atoms with van der Waals surface area (Å²) in [5.74, 6) is -0.487. The van der Waals surface area contributed by atoms with Crippen LogP contribution in [0.2, 0.25) is 0 Å². The fraction of sp³-hybridized carbons (Fsp3) is 0.769. The molecule has 3 N–H and O–H groups in total. The standard InChI is InChI=1S/C8H18O.C5H9NO2/c1-3-5-7-9-8-6-4-2;1-4(2-3-7)5(6)8/h3-8H2,1-2H3;2,7H,3H2,1H3,(H2,6,8). The summed E-state index contributed by atoms with van der Waals surface area (Å²) in [5, 5.41) is 8.20. The largest absolute Gasteiger partial charge is 0.392 e. The number of amides is 1. The van der Waals surface area contributed by atoms with Crippen LogP contribution in [0.1, 0.15) is 46.5 Å². The maximum atomic E-state index is 10.1. The average molecular weight is 245 g/mol. The lowest BCUT2D eigenvalue weighted by molar-refractivity contribution is -0.114. The number of unbranched alkanes of at least 4 members (excludes halogenated alkanes) is 2. The minimum Gasteiger partial charge on any atom is -0.392 e. The Morgan fingerprint density at radius 1 is 1.24 bits per heavy atom. The van der Waals surface area contributed by atoms with E-state index in [-0.39, 0.29) is 6.61 Å². The molecule has 0 rings (SSSR count). The van der Waals surface area contributed by atoms with Crippen LogP contribution < -0.4 is 5.73 Å². The third-order valence-corrected chi connectivity index (χ3v) is 2.07. The van der Waals surface area contributed by atoms with E-state index in [2.05, 4.69) is 13.8 Å². The number of carbonyl (C=O) groups excluding carboxylic acids is 1. The van der Waals surface area contributed by atoms with E-state index in [0.717, 1.165) is 13.2 Å². The summed E-state index contributed by atoms with van der Waals surface area (Å²) in [6.07, 6.45) is 6.27. The number of aliphatic hydroxyl groups excluding tert-OH is 1. The van der Waals surface area contributed by atoms with Crippen molar-refractivity contribution in [2.24, 2.45) is 5.73 Å². The molecule has 0 aliphatic heterocycles. The van der Waals surface area contributed by atoms with Crippen LogP contribution in [0.3, 0.4) is 0 Å². The van der Waals surface area contributed by atoms with Crippen LogP contribution in [-0.2, 0) is 9.53 Å². The van der Waals surface area contributed by atoms with Gasteiger partial charge in [-0.2, -0.15) is 0 Å². The lowest BCUT2D eigenvalue weighted by Crippen LogP contribution is -2.11. The Morgan fingerprint density at radius 2 is 1.71 bits per heavy atom. The lowest BCUT2D eigenvalue weighted by Gasteiger charge is -1.99. The van der Waals surface area contributed by atoms with Crippen LogP contribution >= 0.6 is 0 Å². The molecule has 0 saturated heterocycles. The molecule has 0 spiro atoms. The van der Waals surface area contributed by atoms with Crippen molar-refractivity contribution in [3.05, 3.63) is 11.6 Å². The highest BCUT2D eigenvalue weighted by molar-refractivity contribution is 5.91. The Morgan fingerprint density at radius 3 is 1.94 bits per heavy atom. The highest BCUT2D eigenvalue weighted by Crippen LogP contribution is 1.91. The van der Waals surface area contributed by atoms with Gasteiger partial charge in [0.05, 0.1) is 6.61 Å². The van der Waals surface area contributed by atoms with Gasteiger partial charge in [-0.05, 0) is 19.8 Å². The summed E-state index contributed by atoms with van der Waals surface area (Å²) < 4.78 is 5.31. The fourth-order valence-corrected chi connectivity index (χ4v) is 0.832. The Hall–Kier alpha value is -0.870. The molecule has 4 heteroatoms. The molecule has 1 amide bonds. The molecule has 4 nitrogen and oxygen atoms in total. The zero-order valence-corrected chi connectivity index (χ0v) is 11.4. The monoisotopic (exact) mass is 245 g/mol. The van der Waals surface area contributed by atoms with Crippen LogP contribution in [0.15, 0.2) is 11.6 Å². The molecular formula is C13H27NO3. The molecular weight excluding hydrogens is 218 g/mol. The minimum atomic E-state index is -0.487. The number of carbonyl (C=O) groups is 1. The van der Waals surface area contributed by atoms with Crippen molar-refractivity contribution in [3.63, 3.8) is 0 Å². The van der Waals surface area contributed by atoms with E-state index in [4.69, 9.17) is 15.6 Å². The van der Waals surface area contributed by atoms with Gasteiger partial charge in [-0.15, -0.1) is 0 Å². The number of rotatable bonds is 8. The van der Waals surface area contributed by atoms with E-state index in [1.54, 1.807) is 6.92 Å². The third-order valence-electron chi connectivity index (χ3n) is 2.07. The van der Waals surface area contributed by atoms with Crippen molar-refractivity contribution < 1.29 is 14.6 Å². The molecule has 0 atom stereocenters. The first-order chi connectivity index (χ1) is 8.09. The van der Waals surface area contributed by atoms with Crippen LogP contribution in [0, 0.1) is 0 Å². The number of nitrogens with two attached hydrogens (primary N) is 1. The number of aliphatic hydroxyl groups is 1. The smallest absolute Gasteiger partial charge is 0.244 e. The molecule has 0 aliphatic carbocycles. The van der Waals surface area contributed by atoms with Crippen molar-refractivity contribution in [1.29, 1.82) is 0 Å². The predicted molar refractivity (Wildman–Crippen MR) is 70.7 cm³/mol. The zero-order chi connectivity index (χ0) is 13.5. The Kier molecular flexibility index (Phi) is 16.5. The summed E-state index contributed by atoms with van der Waals surface area (Å²) in [7, 11) is 0. The predicted octanol–water partition coefficient (Wildman–Crippen LogP) is 2.01. The average Bonchev–Trinajstić information content (AvgIpc) is 2.30. The first-order valence-electron chi connectivity index (χ1n) is 6.25. The van der Waals surface area contributed by atoms with Crippen LogP contribution in [0.25, 0.3) is 0 Å². The number of primary amides is 1. The van der Waals surface area contributed by atoms with Gasteiger partial charge in [0.15, 0.2) is 0 Å². The molecule has 0 aromatic heterocycles. The van der Waals surface area contributed by atoms with Gasteiger partial charge in [-0.1, -0.05) is 32.8 Å². The van der Waals surface area contributed by atoms with Gasteiger partial charge in [-0.3, -0.25) is 4.79 Å². The first-order valence-corrected chi connectivity index (χ1v) is 6.25. The summed E-state index contributed by atoms with van der Waals surface area (Å²) >= 11 is 0. The van der Waals surface area contributed by atoms with Gasteiger partial charge in [0, 0.05) is 18.8 Å². The second-order valence-electron chi connectivity index (χ2n) is 3.75. The van der Waals surface area contributed by atoms with Crippen LogP contribution in [-0.4, -0.2) is 30.8 Å². The normalized spacial score (nSPS) is 10.7. The van der Waals surface area contributed by atoms with Crippen molar-refractivity contribution in [3.8, 4) is 0 Å². The SMILES string of the molecule is CC(=CCO)C(N)=O.CCCCOCCCC. The second kappa shape index (κ2) is 15.1. The molecule has 0 radical (unpaired) electrons. The van der Waals surface area contributed by atoms with Gasteiger partial charge in [-0.25, -0.2) is 0 Å². The summed E-state index contributed by atoms with van der Waals surface area (Å²) in [6, 6.07) is 0. The van der Waals surface area contributed by atoms with Crippen LogP contribution in [0.4, 0.5) is 0 Å². The van der Waals surface area contributed by atoms with Crippen molar-refractivity contribution in [1.82, 2.24) is 0 Å². The van der Waals surface area contributed by atoms with Crippen molar-refractivity contribution >= 4 is 5.91 Å². The van der Waals surface area contributed by atoms with E-state index in [1.807, 2.05) is 0 Å². The van der Waals surface area contributed by atoms with Gasteiger partial charge in [0.2, 0.25) is 5.91 Å². The third kappa shape index (κ3) is 17.7. The molecule has 0 unspecified atom stereocenters. The van der Waals surface area contributed by atoms with Gasteiger partial charge >= 0.3 is 0 Å². The molecule has 0 bridgehead atoms. The van der Waals surface area contributed by atoms with E-state index >= 15 is 0 Å². The quantitative estimate of drug-likeness (QED) is 0.507. The molecule has 0 aromatic rings. The van der Waals surface area contributed by atoms with Crippen molar-refractivity contribution in [2.45, 2.75) is 46.5 Å². The molecule has 102 valence electrons. The topological polar surface area (TPSA) is 72.5 Å². The summed E-state index contributed by atoms with van der Waals surface area (Å²) in [4.78, 5) is 10.1. The molecule has 0 saturated carbocycles. The highest BCUT2D eigenvalue weighted by atomic mass is 16.5. The second-order valence-corrected chi connectivity index (χ2v) is 3.75. The number of hydrogen-bond donors (Lipinski definition) is 2. The van der Waals surface area contributed by atoms with Gasteiger partial charge in [0.1, 0.15) is 0 Å². The highest BCUT2D eigenvalue weighted by Gasteiger charge is 1.92. The van der Waals surface area contributed by atoms with E-state index < -0.39 is 5.91 Å². The summed E-state index contributed by atoms with van der Waals surface area (Å²) in [6.45, 7) is 7.70. The molecule has 0 aromatic carbocycles. The van der Waals surface area contributed by atoms with Crippen LogP contribution in [0.5, 0.6) is 0 Å². The minimum absolute atomic E-state index is 0.130. The van der Waals surface area contributed by atoms with Gasteiger partial charge < -0.3 is 15.6 Å². The van der Waals surface area contributed by atoms with Gasteiger partial charge in [0.25, 0.3) is 0 Å². The number of hydrogen-bond acceptors (Lipinski definition) is 3. The Bertz CT molecular complexity index is 197. The van der Waals surface area contributed by atoms with E-state index in [1.165, 1.54) is 31.8 Å². The van der Waals surface area contributed by atoms with E-state index in [0.29, 0.717) is 5.57 Å². The van der Waals surface area contributed by atoms with Crippen molar-refractivity contribution in [2.75, 3.05) is 19.8 Å². The molecule has 0 aliphatic rings. The zero-order valence-electron chi connectivity index (χ0n) is 11.4. The Balaban J connectivity index is 0. The number of ether oxygens (including phenoxy) is 1. The fourth-order valence-electron chi connectivity index (χ4n) is 0.832. The maximum absolute atomic E-state index is 10.1. The Labute approximate surface area is 105 Å². The molecule has 0 heterocycles. The molecule has 0 fully saturated rings. The van der Waals surface area contributed by atoms with E-state index in [9.17, 15) is 4.79 Å². The first kappa shape index (κ1) is 18.5. The maximum Gasteiger partial charge on any atom is 0.244 e. The lowest BCUT2D eigenvalue weighted by atomic mass is 10.3.